The highest BCUT2D eigenvalue weighted by atomic mass is 19.4. The SMILES string of the molecule is CCC[C@@H](C)N1CCC(N(Cc2ccccc2NC(=O)CC)C(=O)Nc2cccc(C(F)(F)F)c2)CC1. The van der Waals surface area contributed by atoms with E-state index in [0.717, 1.165) is 56.5 Å². The zero-order valence-electron chi connectivity index (χ0n) is 21.8. The first-order valence-electron chi connectivity index (χ1n) is 13.0. The monoisotopic (exact) mass is 518 g/mol. The molecule has 3 rings (SSSR count). The van der Waals surface area contributed by atoms with Crippen LogP contribution in [0.4, 0.5) is 29.3 Å². The molecule has 6 nitrogen and oxygen atoms in total. The predicted octanol–water partition coefficient (Wildman–Crippen LogP) is 6.74. The number of likely N-dealkylation sites (tertiary alicyclic amines) is 1. The van der Waals surface area contributed by atoms with Gasteiger partial charge in [-0.2, -0.15) is 13.2 Å². The minimum Gasteiger partial charge on any atom is -0.326 e. The second-order valence-electron chi connectivity index (χ2n) is 9.60. The van der Waals surface area contributed by atoms with Gasteiger partial charge in [0.15, 0.2) is 0 Å². The van der Waals surface area contributed by atoms with Crippen molar-refractivity contribution in [1.29, 1.82) is 0 Å². The Hall–Kier alpha value is -3.07. The summed E-state index contributed by atoms with van der Waals surface area (Å²) in [6.45, 7) is 8.05. The molecule has 2 aromatic rings. The van der Waals surface area contributed by atoms with Crippen LogP contribution in [0.5, 0.6) is 0 Å². The van der Waals surface area contributed by atoms with Gasteiger partial charge in [0.1, 0.15) is 0 Å². The van der Waals surface area contributed by atoms with Gasteiger partial charge in [-0.3, -0.25) is 4.79 Å². The fourth-order valence-corrected chi connectivity index (χ4v) is 4.78. The van der Waals surface area contributed by atoms with Gasteiger partial charge in [0.25, 0.3) is 0 Å². The van der Waals surface area contributed by atoms with Crippen LogP contribution in [0.15, 0.2) is 48.5 Å². The molecule has 3 amide bonds. The lowest BCUT2D eigenvalue weighted by molar-refractivity contribution is -0.137. The molecule has 0 bridgehead atoms. The van der Waals surface area contributed by atoms with Crippen molar-refractivity contribution in [3.05, 3.63) is 59.7 Å². The van der Waals surface area contributed by atoms with Gasteiger partial charge in [-0.1, -0.05) is 44.5 Å². The second kappa shape index (κ2) is 12.9. The first-order chi connectivity index (χ1) is 17.6. The number of carbonyl (C=O) groups excluding carboxylic acids is 2. The maximum absolute atomic E-state index is 13.5. The highest BCUT2D eigenvalue weighted by molar-refractivity contribution is 5.92. The van der Waals surface area contributed by atoms with E-state index in [4.69, 9.17) is 0 Å². The van der Waals surface area contributed by atoms with Crippen LogP contribution in [0.2, 0.25) is 0 Å². The molecule has 1 aliphatic rings. The van der Waals surface area contributed by atoms with Gasteiger partial charge in [0.2, 0.25) is 5.91 Å². The van der Waals surface area contributed by atoms with Crippen LogP contribution in [0, 0.1) is 0 Å². The van der Waals surface area contributed by atoms with E-state index in [1.54, 1.807) is 17.9 Å². The fourth-order valence-electron chi connectivity index (χ4n) is 4.78. The Morgan fingerprint density at radius 1 is 1.05 bits per heavy atom. The lowest BCUT2D eigenvalue weighted by Gasteiger charge is -2.41. The van der Waals surface area contributed by atoms with Gasteiger partial charge in [-0.05, 0) is 56.0 Å². The Kier molecular flexibility index (Phi) is 9.97. The summed E-state index contributed by atoms with van der Waals surface area (Å²) in [5.41, 5.74) is 0.666. The Morgan fingerprint density at radius 3 is 2.41 bits per heavy atom. The number of hydrogen-bond acceptors (Lipinski definition) is 3. The summed E-state index contributed by atoms with van der Waals surface area (Å²) in [7, 11) is 0. The number of urea groups is 1. The molecule has 9 heteroatoms. The topological polar surface area (TPSA) is 64.7 Å². The van der Waals surface area contributed by atoms with Crippen LogP contribution in [0.3, 0.4) is 0 Å². The molecule has 1 atom stereocenters. The molecule has 0 saturated carbocycles. The van der Waals surface area contributed by atoms with Gasteiger partial charge in [0.05, 0.1) is 5.56 Å². The van der Waals surface area contributed by atoms with Crippen LogP contribution in [-0.2, 0) is 17.5 Å². The molecule has 0 aliphatic carbocycles. The molecular weight excluding hydrogens is 481 g/mol. The van der Waals surface area contributed by atoms with E-state index < -0.39 is 17.8 Å². The van der Waals surface area contributed by atoms with Crippen molar-refractivity contribution < 1.29 is 22.8 Å². The zero-order valence-corrected chi connectivity index (χ0v) is 21.8. The Morgan fingerprint density at radius 2 is 1.76 bits per heavy atom. The van der Waals surface area contributed by atoms with E-state index in [1.165, 1.54) is 12.1 Å². The normalized spacial score (nSPS) is 15.7. The van der Waals surface area contributed by atoms with Crippen LogP contribution in [-0.4, -0.2) is 46.9 Å². The minimum absolute atomic E-state index is 0.0893. The number of alkyl halides is 3. The summed E-state index contributed by atoms with van der Waals surface area (Å²) in [6, 6.07) is 11.9. The van der Waals surface area contributed by atoms with Gasteiger partial charge < -0.3 is 20.4 Å². The van der Waals surface area contributed by atoms with Gasteiger partial charge in [0, 0.05) is 49.5 Å². The lowest BCUT2D eigenvalue weighted by atomic mass is 9.99. The van der Waals surface area contributed by atoms with Gasteiger partial charge in [-0.25, -0.2) is 4.79 Å². The Balaban J connectivity index is 1.84. The molecule has 1 saturated heterocycles. The minimum atomic E-state index is -4.50. The van der Waals surface area contributed by atoms with Crippen molar-refractivity contribution in [2.45, 2.75) is 77.7 Å². The smallest absolute Gasteiger partial charge is 0.326 e. The molecule has 1 heterocycles. The molecule has 0 spiro atoms. The largest absolute Gasteiger partial charge is 0.416 e. The number of amides is 3. The number of carbonyl (C=O) groups is 2. The van der Waals surface area contributed by atoms with E-state index in [0.29, 0.717) is 18.2 Å². The molecule has 0 unspecified atom stereocenters. The third-order valence-electron chi connectivity index (χ3n) is 6.92. The molecule has 37 heavy (non-hydrogen) atoms. The maximum Gasteiger partial charge on any atom is 0.416 e. The predicted molar refractivity (Wildman–Crippen MR) is 140 cm³/mol. The molecule has 2 N–H and O–H groups in total. The van der Waals surface area contributed by atoms with Gasteiger partial charge >= 0.3 is 12.2 Å². The quantitative estimate of drug-likeness (QED) is 0.386. The molecule has 0 aromatic heterocycles. The van der Waals surface area contributed by atoms with E-state index in [-0.39, 0.29) is 24.2 Å². The van der Waals surface area contributed by atoms with Crippen molar-refractivity contribution in [3.63, 3.8) is 0 Å². The van der Waals surface area contributed by atoms with Crippen molar-refractivity contribution in [1.82, 2.24) is 9.80 Å². The number of para-hydroxylation sites is 1. The van der Waals surface area contributed by atoms with E-state index in [1.807, 2.05) is 18.2 Å². The van der Waals surface area contributed by atoms with Crippen LogP contribution < -0.4 is 10.6 Å². The van der Waals surface area contributed by atoms with Crippen LogP contribution in [0.1, 0.15) is 64.0 Å². The number of hydrogen-bond donors (Lipinski definition) is 2. The molecule has 0 radical (unpaired) electrons. The average Bonchev–Trinajstić information content (AvgIpc) is 2.88. The van der Waals surface area contributed by atoms with E-state index in [9.17, 15) is 22.8 Å². The third kappa shape index (κ3) is 7.95. The van der Waals surface area contributed by atoms with Crippen molar-refractivity contribution in [2.75, 3.05) is 23.7 Å². The Labute approximate surface area is 217 Å². The first-order valence-corrected chi connectivity index (χ1v) is 13.0. The highest BCUT2D eigenvalue weighted by Gasteiger charge is 2.32. The summed E-state index contributed by atoms with van der Waals surface area (Å²) in [5, 5.41) is 5.57. The van der Waals surface area contributed by atoms with E-state index in [2.05, 4.69) is 29.4 Å². The van der Waals surface area contributed by atoms with Gasteiger partial charge in [-0.15, -0.1) is 0 Å². The third-order valence-corrected chi connectivity index (χ3v) is 6.92. The number of rotatable bonds is 9. The van der Waals surface area contributed by atoms with Crippen LogP contribution in [0.25, 0.3) is 0 Å². The summed E-state index contributed by atoms with van der Waals surface area (Å²) >= 11 is 0. The highest BCUT2D eigenvalue weighted by Crippen LogP contribution is 2.31. The lowest BCUT2D eigenvalue weighted by Crippen LogP contribution is -2.50. The maximum atomic E-state index is 13.5. The van der Waals surface area contributed by atoms with E-state index >= 15 is 0 Å². The second-order valence-corrected chi connectivity index (χ2v) is 9.60. The summed E-state index contributed by atoms with van der Waals surface area (Å²) < 4.78 is 39.6. The number of nitrogens with one attached hydrogen (secondary N) is 2. The molecule has 1 fully saturated rings. The number of anilines is 2. The number of nitrogens with zero attached hydrogens (tertiary/aromatic N) is 2. The number of piperidine rings is 1. The first kappa shape index (κ1) is 28.5. The summed E-state index contributed by atoms with van der Waals surface area (Å²) in [5.74, 6) is -0.134. The summed E-state index contributed by atoms with van der Waals surface area (Å²) in [6.07, 6.45) is -0.454. The number of benzene rings is 2. The van der Waals surface area contributed by atoms with Crippen molar-refractivity contribution in [3.8, 4) is 0 Å². The van der Waals surface area contributed by atoms with Crippen molar-refractivity contribution in [2.24, 2.45) is 0 Å². The van der Waals surface area contributed by atoms with Crippen molar-refractivity contribution >= 4 is 23.3 Å². The number of halogens is 3. The van der Waals surface area contributed by atoms with Crippen LogP contribution >= 0.6 is 0 Å². The fraction of sp³-hybridized carbons (Fsp3) is 0.500. The Bertz CT molecular complexity index is 1050. The molecule has 2 aromatic carbocycles. The molecule has 202 valence electrons. The molecular formula is C28H37F3N4O2. The average molecular weight is 519 g/mol. The standard InChI is InChI=1S/C28H37F3N4O2/c1-4-9-20(3)34-16-14-24(15-17-34)35(19-21-10-6-7-13-25(21)33-26(36)5-2)27(37)32-23-12-8-11-22(18-23)28(29,30)31/h6-8,10-13,18,20,24H,4-5,9,14-17,19H2,1-3H3,(H,32,37)(H,33,36)/t20-/m1/s1. The molecule has 1 aliphatic heterocycles. The zero-order chi connectivity index (χ0) is 27.0. The summed E-state index contributed by atoms with van der Waals surface area (Å²) in [4.78, 5) is 29.7.